The summed E-state index contributed by atoms with van der Waals surface area (Å²) in [5.41, 5.74) is 2.25. The number of nitrogens with zero attached hydrogens (tertiary/aromatic N) is 4. The van der Waals surface area contributed by atoms with Crippen LogP contribution in [0.3, 0.4) is 0 Å². The molecule has 2 aromatic heterocycles. The Balaban J connectivity index is 1.86. The summed E-state index contributed by atoms with van der Waals surface area (Å²) >= 11 is 12.2. The molecule has 8 heteroatoms. The largest absolute Gasteiger partial charge is 0.354 e. The molecule has 0 saturated carbocycles. The molecule has 0 saturated heterocycles. The lowest BCUT2D eigenvalue weighted by molar-refractivity contribution is 0.405. The molecule has 0 spiro atoms. The Hall–Kier alpha value is -2.41. The second-order valence-electron chi connectivity index (χ2n) is 6.54. The Morgan fingerprint density at radius 1 is 0.964 bits per heavy atom. The molecular formula is C20H22Cl2N6. The van der Waals surface area contributed by atoms with Gasteiger partial charge in [-0.1, -0.05) is 29.3 Å². The predicted octanol–water partition coefficient (Wildman–Crippen LogP) is 4.95. The number of benzene rings is 1. The van der Waals surface area contributed by atoms with Crippen LogP contribution in [0.4, 0.5) is 17.5 Å². The van der Waals surface area contributed by atoms with E-state index in [1.807, 2.05) is 24.3 Å². The van der Waals surface area contributed by atoms with Crippen molar-refractivity contribution in [2.24, 2.45) is 0 Å². The first kappa shape index (κ1) is 20.3. The molecular weight excluding hydrogens is 395 g/mol. The van der Waals surface area contributed by atoms with Gasteiger partial charge in [0.05, 0.1) is 11.4 Å². The van der Waals surface area contributed by atoms with Crippen molar-refractivity contribution in [3.63, 3.8) is 0 Å². The fourth-order valence-corrected chi connectivity index (χ4v) is 3.13. The minimum Gasteiger partial charge on any atom is -0.354 e. The lowest BCUT2D eigenvalue weighted by Gasteiger charge is -2.13. The van der Waals surface area contributed by atoms with Crippen molar-refractivity contribution in [1.82, 2.24) is 19.9 Å². The number of nitrogens with one attached hydrogen (secondary N) is 2. The van der Waals surface area contributed by atoms with Crippen molar-refractivity contribution in [3.05, 3.63) is 58.7 Å². The Kier molecular flexibility index (Phi) is 7.03. The maximum absolute atomic E-state index is 6.10. The van der Waals surface area contributed by atoms with E-state index in [4.69, 9.17) is 23.2 Å². The van der Waals surface area contributed by atoms with Gasteiger partial charge in [-0.15, -0.1) is 0 Å². The van der Waals surface area contributed by atoms with E-state index in [0.717, 1.165) is 36.6 Å². The normalized spacial score (nSPS) is 10.9. The van der Waals surface area contributed by atoms with Crippen LogP contribution in [0.15, 0.2) is 48.7 Å². The van der Waals surface area contributed by atoms with Gasteiger partial charge in [0.2, 0.25) is 5.95 Å². The van der Waals surface area contributed by atoms with Crippen molar-refractivity contribution in [2.75, 3.05) is 37.8 Å². The molecule has 0 radical (unpaired) electrons. The minimum atomic E-state index is 0.539. The summed E-state index contributed by atoms with van der Waals surface area (Å²) in [6.45, 7) is 1.76. The SMILES string of the molecule is CN(C)CCCNc1nc(Nc2cc(Cl)cc(Cl)c2)cc(-c2ccccn2)n1. The highest BCUT2D eigenvalue weighted by Gasteiger charge is 2.09. The Bertz CT molecular complexity index is 898. The van der Waals surface area contributed by atoms with Crippen LogP contribution in [0.25, 0.3) is 11.4 Å². The molecule has 0 bridgehead atoms. The monoisotopic (exact) mass is 416 g/mol. The average Bonchev–Trinajstić information content (AvgIpc) is 2.65. The van der Waals surface area contributed by atoms with Crippen molar-refractivity contribution in [3.8, 4) is 11.4 Å². The fraction of sp³-hybridized carbons (Fsp3) is 0.250. The third kappa shape index (κ3) is 6.05. The summed E-state index contributed by atoms with van der Waals surface area (Å²) < 4.78 is 0. The highest BCUT2D eigenvalue weighted by molar-refractivity contribution is 6.35. The summed E-state index contributed by atoms with van der Waals surface area (Å²) in [5.74, 6) is 1.17. The first-order valence-electron chi connectivity index (χ1n) is 8.92. The zero-order valence-electron chi connectivity index (χ0n) is 15.8. The van der Waals surface area contributed by atoms with E-state index in [9.17, 15) is 0 Å². The van der Waals surface area contributed by atoms with Crippen molar-refractivity contribution in [1.29, 1.82) is 0 Å². The van der Waals surface area contributed by atoms with Crippen molar-refractivity contribution >= 4 is 40.7 Å². The van der Waals surface area contributed by atoms with Crippen LogP contribution in [0.5, 0.6) is 0 Å². The molecule has 3 rings (SSSR count). The number of hydrogen-bond donors (Lipinski definition) is 2. The van der Waals surface area contributed by atoms with E-state index in [-0.39, 0.29) is 0 Å². The molecule has 0 fully saturated rings. The smallest absolute Gasteiger partial charge is 0.225 e. The third-order valence-electron chi connectivity index (χ3n) is 3.85. The Labute approximate surface area is 174 Å². The number of rotatable bonds is 8. The van der Waals surface area contributed by atoms with Gasteiger partial charge in [0.1, 0.15) is 5.82 Å². The van der Waals surface area contributed by atoms with Gasteiger partial charge in [-0.05, 0) is 57.4 Å². The zero-order chi connectivity index (χ0) is 19.9. The van der Waals surface area contributed by atoms with Crippen LogP contribution >= 0.6 is 23.2 Å². The van der Waals surface area contributed by atoms with E-state index in [1.165, 1.54) is 0 Å². The molecule has 2 N–H and O–H groups in total. The lowest BCUT2D eigenvalue weighted by Crippen LogP contribution is -2.17. The zero-order valence-corrected chi connectivity index (χ0v) is 17.3. The first-order chi connectivity index (χ1) is 13.5. The van der Waals surface area contributed by atoms with Crippen LogP contribution in [0.2, 0.25) is 10.0 Å². The topological polar surface area (TPSA) is 66.0 Å². The molecule has 146 valence electrons. The molecule has 1 aromatic carbocycles. The Morgan fingerprint density at radius 2 is 1.75 bits per heavy atom. The summed E-state index contributed by atoms with van der Waals surface area (Å²) in [6.07, 6.45) is 2.72. The van der Waals surface area contributed by atoms with Gasteiger partial charge in [0.15, 0.2) is 0 Å². The van der Waals surface area contributed by atoms with Crippen LogP contribution in [0, 0.1) is 0 Å². The van der Waals surface area contributed by atoms with Gasteiger partial charge in [-0.2, -0.15) is 4.98 Å². The highest BCUT2D eigenvalue weighted by Crippen LogP contribution is 2.26. The number of aromatic nitrogens is 3. The third-order valence-corrected chi connectivity index (χ3v) is 4.29. The molecule has 0 aliphatic heterocycles. The number of halogens is 2. The standard InChI is InChI=1S/C20H22Cl2N6/c1-28(2)9-5-8-24-20-26-18(17-6-3-4-7-23-17)13-19(27-20)25-16-11-14(21)10-15(22)12-16/h3-4,6-7,10-13H,5,8-9H2,1-2H3,(H2,24,25,26,27). The fourth-order valence-electron chi connectivity index (χ4n) is 2.61. The summed E-state index contributed by atoms with van der Waals surface area (Å²) in [4.78, 5) is 15.7. The second-order valence-corrected chi connectivity index (χ2v) is 7.42. The van der Waals surface area contributed by atoms with E-state index in [2.05, 4.69) is 44.6 Å². The summed E-state index contributed by atoms with van der Waals surface area (Å²) in [5, 5.41) is 7.64. The van der Waals surface area contributed by atoms with Gasteiger partial charge in [-0.25, -0.2) is 4.98 Å². The first-order valence-corrected chi connectivity index (χ1v) is 9.67. The molecule has 28 heavy (non-hydrogen) atoms. The Morgan fingerprint density at radius 3 is 2.43 bits per heavy atom. The minimum absolute atomic E-state index is 0.539. The van der Waals surface area contributed by atoms with E-state index >= 15 is 0 Å². The van der Waals surface area contributed by atoms with E-state index in [0.29, 0.717) is 21.8 Å². The average molecular weight is 417 g/mol. The highest BCUT2D eigenvalue weighted by atomic mass is 35.5. The van der Waals surface area contributed by atoms with Crippen LogP contribution in [-0.4, -0.2) is 47.0 Å². The van der Waals surface area contributed by atoms with Gasteiger partial charge >= 0.3 is 0 Å². The van der Waals surface area contributed by atoms with Crippen molar-refractivity contribution in [2.45, 2.75) is 6.42 Å². The maximum Gasteiger partial charge on any atom is 0.225 e. The summed E-state index contributed by atoms with van der Waals surface area (Å²) in [7, 11) is 4.10. The number of hydrogen-bond acceptors (Lipinski definition) is 6. The quantitative estimate of drug-likeness (QED) is 0.506. The molecule has 0 aliphatic carbocycles. The molecule has 0 atom stereocenters. The number of pyridine rings is 1. The molecule has 0 amide bonds. The summed E-state index contributed by atoms with van der Waals surface area (Å²) in [6, 6.07) is 12.8. The van der Waals surface area contributed by atoms with Gasteiger partial charge < -0.3 is 15.5 Å². The molecule has 3 aromatic rings. The molecule has 0 unspecified atom stereocenters. The number of anilines is 3. The molecule has 6 nitrogen and oxygen atoms in total. The second kappa shape index (κ2) is 9.68. The van der Waals surface area contributed by atoms with Crippen LogP contribution < -0.4 is 10.6 Å². The maximum atomic E-state index is 6.10. The molecule has 0 aliphatic rings. The predicted molar refractivity (Wildman–Crippen MR) is 117 cm³/mol. The van der Waals surface area contributed by atoms with Gasteiger partial charge in [0, 0.05) is 34.5 Å². The van der Waals surface area contributed by atoms with Crippen LogP contribution in [0.1, 0.15) is 6.42 Å². The van der Waals surface area contributed by atoms with Crippen LogP contribution in [-0.2, 0) is 0 Å². The van der Waals surface area contributed by atoms with E-state index < -0.39 is 0 Å². The van der Waals surface area contributed by atoms with E-state index in [1.54, 1.807) is 24.4 Å². The van der Waals surface area contributed by atoms with Crippen molar-refractivity contribution < 1.29 is 0 Å². The van der Waals surface area contributed by atoms with Gasteiger partial charge in [-0.3, -0.25) is 4.98 Å². The molecule has 2 heterocycles. The van der Waals surface area contributed by atoms with Gasteiger partial charge in [0.25, 0.3) is 0 Å². The lowest BCUT2D eigenvalue weighted by atomic mass is 10.2.